The number of likely N-dealkylation sites (tertiary alicyclic amines) is 1. The SMILES string of the molecule is Cl.NCCNC(=O)C1CCCN(C(=O)c2cc(F)c(Cl)cc2F)C1. The Morgan fingerprint density at radius 1 is 1.33 bits per heavy atom. The zero-order valence-corrected chi connectivity index (χ0v) is 14.4. The van der Waals surface area contributed by atoms with Crippen molar-refractivity contribution in [2.75, 3.05) is 26.2 Å². The topological polar surface area (TPSA) is 75.4 Å². The molecule has 0 saturated carbocycles. The minimum absolute atomic E-state index is 0. The summed E-state index contributed by atoms with van der Waals surface area (Å²) in [6, 6.07) is 1.57. The molecule has 134 valence electrons. The van der Waals surface area contributed by atoms with Crippen LogP contribution in [0.25, 0.3) is 0 Å². The standard InChI is InChI=1S/C15H18ClF2N3O2.ClH/c16-11-7-12(17)10(6-13(11)18)15(23)21-5-1-2-9(8-21)14(22)20-4-3-19;/h6-7,9H,1-5,8,19H2,(H,20,22);1H. The number of carbonyl (C=O) groups excluding carboxylic acids is 2. The first-order chi connectivity index (χ1) is 10.9. The van der Waals surface area contributed by atoms with Crippen molar-refractivity contribution in [2.24, 2.45) is 11.7 Å². The van der Waals surface area contributed by atoms with E-state index in [2.05, 4.69) is 5.32 Å². The Balaban J connectivity index is 0.00000288. The van der Waals surface area contributed by atoms with Crippen LogP contribution in [0.3, 0.4) is 0 Å². The van der Waals surface area contributed by atoms with E-state index in [1.54, 1.807) is 0 Å². The lowest BCUT2D eigenvalue weighted by atomic mass is 9.96. The molecule has 1 fully saturated rings. The lowest BCUT2D eigenvalue weighted by molar-refractivity contribution is -0.126. The third-order valence-electron chi connectivity index (χ3n) is 3.76. The van der Waals surface area contributed by atoms with Crippen molar-refractivity contribution >= 4 is 35.8 Å². The van der Waals surface area contributed by atoms with Gasteiger partial charge in [-0.25, -0.2) is 8.78 Å². The van der Waals surface area contributed by atoms with E-state index in [1.165, 1.54) is 4.90 Å². The van der Waals surface area contributed by atoms with Crippen LogP contribution in [0.5, 0.6) is 0 Å². The van der Waals surface area contributed by atoms with Crippen molar-refractivity contribution in [1.29, 1.82) is 0 Å². The molecule has 5 nitrogen and oxygen atoms in total. The molecule has 0 radical (unpaired) electrons. The summed E-state index contributed by atoms with van der Waals surface area (Å²) in [6.07, 6.45) is 1.25. The van der Waals surface area contributed by atoms with Gasteiger partial charge in [0.05, 0.1) is 16.5 Å². The van der Waals surface area contributed by atoms with E-state index in [1.807, 2.05) is 0 Å². The van der Waals surface area contributed by atoms with Gasteiger partial charge in [0, 0.05) is 26.2 Å². The number of benzene rings is 1. The first kappa shape index (κ1) is 20.6. The number of rotatable bonds is 4. The van der Waals surface area contributed by atoms with E-state index in [-0.39, 0.29) is 41.4 Å². The maximum Gasteiger partial charge on any atom is 0.256 e. The zero-order valence-electron chi connectivity index (χ0n) is 12.9. The number of amides is 2. The van der Waals surface area contributed by atoms with Gasteiger partial charge in [-0.1, -0.05) is 11.6 Å². The zero-order chi connectivity index (χ0) is 17.0. The first-order valence-corrected chi connectivity index (χ1v) is 7.73. The maximum atomic E-state index is 13.9. The fourth-order valence-electron chi connectivity index (χ4n) is 2.57. The number of nitrogens with one attached hydrogen (secondary N) is 1. The monoisotopic (exact) mass is 381 g/mol. The Labute approximate surface area is 149 Å². The maximum absolute atomic E-state index is 13.9. The molecule has 1 aliphatic rings. The van der Waals surface area contributed by atoms with Gasteiger partial charge in [-0.3, -0.25) is 9.59 Å². The minimum Gasteiger partial charge on any atom is -0.355 e. The average Bonchev–Trinajstić information content (AvgIpc) is 2.55. The predicted octanol–water partition coefficient (Wildman–Crippen LogP) is 1.97. The molecular weight excluding hydrogens is 363 g/mol. The van der Waals surface area contributed by atoms with E-state index in [4.69, 9.17) is 17.3 Å². The summed E-state index contributed by atoms with van der Waals surface area (Å²) in [5, 5.41) is 2.30. The van der Waals surface area contributed by atoms with Crippen molar-refractivity contribution in [3.63, 3.8) is 0 Å². The highest BCUT2D eigenvalue weighted by Gasteiger charge is 2.30. The van der Waals surface area contributed by atoms with Crippen molar-refractivity contribution in [1.82, 2.24) is 10.2 Å². The van der Waals surface area contributed by atoms with E-state index in [0.717, 1.165) is 12.1 Å². The Kier molecular flexibility index (Phi) is 7.86. The molecule has 2 amide bonds. The smallest absolute Gasteiger partial charge is 0.256 e. The molecule has 1 aliphatic heterocycles. The van der Waals surface area contributed by atoms with Gasteiger partial charge in [0.2, 0.25) is 5.91 Å². The molecule has 2 rings (SSSR count). The molecule has 1 saturated heterocycles. The lowest BCUT2D eigenvalue weighted by Gasteiger charge is -2.32. The van der Waals surface area contributed by atoms with Crippen LogP contribution in [-0.2, 0) is 4.79 Å². The number of carbonyl (C=O) groups is 2. The molecule has 0 bridgehead atoms. The highest BCUT2D eigenvalue weighted by atomic mass is 35.5. The molecule has 9 heteroatoms. The number of nitrogens with zero attached hydrogens (tertiary/aromatic N) is 1. The van der Waals surface area contributed by atoms with Crippen LogP contribution in [-0.4, -0.2) is 42.9 Å². The second-order valence-corrected chi connectivity index (χ2v) is 5.82. The molecule has 3 N–H and O–H groups in total. The van der Waals surface area contributed by atoms with Crippen LogP contribution in [0.2, 0.25) is 5.02 Å². The van der Waals surface area contributed by atoms with Crippen molar-refractivity contribution in [3.05, 3.63) is 34.4 Å². The van der Waals surface area contributed by atoms with Crippen molar-refractivity contribution in [3.8, 4) is 0 Å². The summed E-state index contributed by atoms with van der Waals surface area (Å²) in [5.41, 5.74) is 4.95. The Morgan fingerprint density at radius 3 is 2.71 bits per heavy atom. The van der Waals surface area contributed by atoms with E-state index in [0.29, 0.717) is 32.5 Å². The van der Waals surface area contributed by atoms with Crippen LogP contribution in [0.15, 0.2) is 12.1 Å². The first-order valence-electron chi connectivity index (χ1n) is 7.35. The Morgan fingerprint density at radius 2 is 2.04 bits per heavy atom. The Hall–Kier alpha value is -1.44. The molecule has 1 unspecified atom stereocenters. The van der Waals surface area contributed by atoms with Crippen molar-refractivity contribution < 1.29 is 18.4 Å². The average molecular weight is 382 g/mol. The van der Waals surface area contributed by atoms with Crippen LogP contribution in [0.1, 0.15) is 23.2 Å². The van der Waals surface area contributed by atoms with Gasteiger partial charge in [0.25, 0.3) is 5.91 Å². The van der Waals surface area contributed by atoms with Gasteiger partial charge >= 0.3 is 0 Å². The molecule has 1 aromatic rings. The van der Waals surface area contributed by atoms with Gasteiger partial charge in [0.15, 0.2) is 0 Å². The number of hydrogen-bond acceptors (Lipinski definition) is 3. The van der Waals surface area contributed by atoms with Gasteiger partial charge < -0.3 is 16.0 Å². The molecule has 0 aliphatic carbocycles. The van der Waals surface area contributed by atoms with Crippen molar-refractivity contribution in [2.45, 2.75) is 12.8 Å². The number of hydrogen-bond donors (Lipinski definition) is 2. The van der Waals surface area contributed by atoms with Gasteiger partial charge in [-0.15, -0.1) is 12.4 Å². The van der Waals surface area contributed by atoms with Crippen LogP contribution < -0.4 is 11.1 Å². The largest absolute Gasteiger partial charge is 0.355 e. The normalized spacial score (nSPS) is 17.2. The van der Waals surface area contributed by atoms with Crippen LogP contribution in [0, 0.1) is 17.6 Å². The molecule has 1 atom stereocenters. The summed E-state index contributed by atoms with van der Waals surface area (Å²) < 4.78 is 27.4. The predicted molar refractivity (Wildman–Crippen MR) is 89.3 cm³/mol. The summed E-state index contributed by atoms with van der Waals surface area (Å²) in [6.45, 7) is 1.25. The van der Waals surface area contributed by atoms with E-state index in [9.17, 15) is 18.4 Å². The van der Waals surface area contributed by atoms with E-state index < -0.39 is 17.5 Å². The summed E-state index contributed by atoms with van der Waals surface area (Å²) in [7, 11) is 0. The highest BCUT2D eigenvalue weighted by Crippen LogP contribution is 2.23. The minimum atomic E-state index is -0.879. The second-order valence-electron chi connectivity index (χ2n) is 5.42. The second kappa shape index (κ2) is 9.15. The number of nitrogens with two attached hydrogens (primary N) is 1. The summed E-state index contributed by atoms with van der Waals surface area (Å²) >= 11 is 5.49. The Bertz CT molecular complexity index is 617. The molecule has 1 heterocycles. The molecule has 1 aromatic carbocycles. The number of piperidine rings is 1. The quantitative estimate of drug-likeness (QED) is 0.782. The molecule has 24 heavy (non-hydrogen) atoms. The molecular formula is C15H19Cl2F2N3O2. The third-order valence-corrected chi connectivity index (χ3v) is 4.05. The lowest BCUT2D eigenvalue weighted by Crippen LogP contribution is -2.46. The number of halogens is 4. The highest BCUT2D eigenvalue weighted by molar-refractivity contribution is 6.30. The van der Waals surface area contributed by atoms with Gasteiger partial charge in [0.1, 0.15) is 11.6 Å². The summed E-state index contributed by atoms with van der Waals surface area (Å²) in [5.74, 6) is -2.94. The van der Waals surface area contributed by atoms with Gasteiger partial charge in [-0.2, -0.15) is 0 Å². The van der Waals surface area contributed by atoms with Crippen LogP contribution in [0.4, 0.5) is 8.78 Å². The summed E-state index contributed by atoms with van der Waals surface area (Å²) in [4.78, 5) is 25.7. The fourth-order valence-corrected chi connectivity index (χ4v) is 2.72. The van der Waals surface area contributed by atoms with Crippen LogP contribution >= 0.6 is 24.0 Å². The van der Waals surface area contributed by atoms with Gasteiger partial charge in [-0.05, 0) is 25.0 Å². The third kappa shape index (κ3) is 4.78. The van der Waals surface area contributed by atoms with E-state index >= 15 is 0 Å². The molecule has 0 spiro atoms. The molecule has 0 aromatic heterocycles. The fraction of sp³-hybridized carbons (Fsp3) is 0.467.